The predicted octanol–water partition coefficient (Wildman–Crippen LogP) is 3.32. The molecule has 0 amide bonds. The van der Waals surface area contributed by atoms with Crippen molar-refractivity contribution in [3.05, 3.63) is 46.7 Å². The van der Waals surface area contributed by atoms with Gasteiger partial charge < -0.3 is 0 Å². The summed E-state index contributed by atoms with van der Waals surface area (Å²) in [6.07, 6.45) is 2.66. The zero-order valence-electron chi connectivity index (χ0n) is 7.72. The fraction of sp³-hybridized carbons (Fsp3) is 0. The lowest BCUT2D eigenvalue weighted by molar-refractivity contribution is 0.447. The van der Waals surface area contributed by atoms with E-state index in [9.17, 15) is 13.2 Å². The highest BCUT2D eigenvalue weighted by Crippen LogP contribution is 2.27. The summed E-state index contributed by atoms with van der Waals surface area (Å²) < 4.78 is 39.1. The Morgan fingerprint density at radius 3 is 2.25 bits per heavy atom. The molecular weight excluding hydrogens is 285 g/mol. The first-order valence-electron chi connectivity index (χ1n) is 4.20. The van der Waals surface area contributed by atoms with E-state index in [1.54, 1.807) is 0 Å². The summed E-state index contributed by atoms with van der Waals surface area (Å²) >= 11 is 3.11. The smallest absolute Gasteiger partial charge is 0.194 e. The summed E-state index contributed by atoms with van der Waals surface area (Å²) in [6, 6.07) is 1.78. The van der Waals surface area contributed by atoms with Crippen molar-refractivity contribution >= 4 is 15.9 Å². The summed E-state index contributed by atoms with van der Waals surface area (Å²) in [5, 5.41) is 0. The molecule has 2 nitrogen and oxygen atoms in total. The molecule has 0 bridgehead atoms. The van der Waals surface area contributed by atoms with Gasteiger partial charge >= 0.3 is 0 Å². The summed E-state index contributed by atoms with van der Waals surface area (Å²) in [5.74, 6) is -3.98. The highest BCUT2D eigenvalue weighted by atomic mass is 79.9. The number of rotatable bonds is 1. The Labute approximate surface area is 97.3 Å². The molecule has 0 aliphatic heterocycles. The summed E-state index contributed by atoms with van der Waals surface area (Å²) in [5.41, 5.74) is 0.559. The van der Waals surface area contributed by atoms with Crippen LogP contribution in [-0.2, 0) is 0 Å². The fourth-order valence-corrected chi connectivity index (χ4v) is 1.64. The van der Waals surface area contributed by atoms with Gasteiger partial charge in [-0.3, -0.25) is 0 Å². The Kier molecular flexibility index (Phi) is 2.91. The molecule has 0 unspecified atom stereocenters. The normalized spacial score (nSPS) is 10.5. The standard InChI is InChI=1S/C10H4BrF3N2/c11-10-6(3-15-4-16-10)5-1-7(12)9(14)8(13)2-5/h1-4H. The zero-order valence-corrected chi connectivity index (χ0v) is 9.30. The number of benzene rings is 1. The van der Waals surface area contributed by atoms with E-state index in [1.807, 2.05) is 0 Å². The van der Waals surface area contributed by atoms with Crippen molar-refractivity contribution in [2.75, 3.05) is 0 Å². The van der Waals surface area contributed by atoms with E-state index < -0.39 is 17.5 Å². The van der Waals surface area contributed by atoms with Gasteiger partial charge in [-0.15, -0.1) is 0 Å². The average molecular weight is 289 g/mol. The topological polar surface area (TPSA) is 25.8 Å². The van der Waals surface area contributed by atoms with E-state index in [0.29, 0.717) is 10.2 Å². The molecule has 0 saturated carbocycles. The van der Waals surface area contributed by atoms with Crippen molar-refractivity contribution in [1.82, 2.24) is 9.97 Å². The Morgan fingerprint density at radius 1 is 1.06 bits per heavy atom. The lowest BCUT2D eigenvalue weighted by Crippen LogP contribution is -1.93. The molecule has 2 aromatic rings. The minimum absolute atomic E-state index is 0.170. The SMILES string of the molecule is Fc1cc(-c2cncnc2Br)cc(F)c1F. The van der Waals surface area contributed by atoms with E-state index in [2.05, 4.69) is 25.9 Å². The van der Waals surface area contributed by atoms with Crippen molar-refractivity contribution in [2.24, 2.45) is 0 Å². The molecule has 0 fully saturated rings. The van der Waals surface area contributed by atoms with Gasteiger partial charge in [0.2, 0.25) is 0 Å². The van der Waals surface area contributed by atoms with Crippen LogP contribution in [0, 0.1) is 17.5 Å². The second-order valence-electron chi connectivity index (χ2n) is 2.98. The molecule has 1 aromatic heterocycles. The summed E-state index contributed by atoms with van der Waals surface area (Å²) in [4.78, 5) is 7.53. The van der Waals surface area contributed by atoms with Crippen LogP contribution in [0.2, 0.25) is 0 Å². The molecule has 0 saturated heterocycles. The zero-order chi connectivity index (χ0) is 11.7. The van der Waals surface area contributed by atoms with Crippen LogP contribution in [0.25, 0.3) is 11.1 Å². The van der Waals surface area contributed by atoms with E-state index in [4.69, 9.17) is 0 Å². The quantitative estimate of drug-likeness (QED) is 0.594. The van der Waals surface area contributed by atoms with Gasteiger partial charge in [0.1, 0.15) is 10.9 Å². The number of hydrogen-bond acceptors (Lipinski definition) is 2. The highest BCUT2D eigenvalue weighted by Gasteiger charge is 2.13. The van der Waals surface area contributed by atoms with Crippen LogP contribution in [0.1, 0.15) is 0 Å². The molecule has 2 rings (SSSR count). The summed E-state index contributed by atoms with van der Waals surface area (Å²) in [6.45, 7) is 0. The second kappa shape index (κ2) is 4.21. The van der Waals surface area contributed by atoms with Gasteiger partial charge in [0.15, 0.2) is 17.5 Å². The number of hydrogen-bond donors (Lipinski definition) is 0. The first-order valence-corrected chi connectivity index (χ1v) is 4.99. The Bertz CT molecular complexity index is 522. The Hall–Kier alpha value is -1.43. The number of aromatic nitrogens is 2. The van der Waals surface area contributed by atoms with Gasteiger partial charge in [0.05, 0.1) is 0 Å². The third-order valence-corrected chi connectivity index (χ3v) is 2.59. The molecule has 16 heavy (non-hydrogen) atoms. The molecule has 0 N–H and O–H groups in total. The van der Waals surface area contributed by atoms with Gasteiger partial charge in [-0.1, -0.05) is 0 Å². The summed E-state index contributed by atoms with van der Waals surface area (Å²) in [7, 11) is 0. The van der Waals surface area contributed by atoms with Crippen molar-refractivity contribution < 1.29 is 13.2 Å². The molecule has 0 radical (unpaired) electrons. The molecule has 0 spiro atoms. The van der Waals surface area contributed by atoms with Crippen LogP contribution in [-0.4, -0.2) is 9.97 Å². The Morgan fingerprint density at radius 2 is 1.69 bits per heavy atom. The highest BCUT2D eigenvalue weighted by molar-refractivity contribution is 9.10. The second-order valence-corrected chi connectivity index (χ2v) is 3.73. The minimum Gasteiger partial charge on any atom is -0.244 e. The molecule has 1 heterocycles. The van der Waals surface area contributed by atoms with Crippen molar-refractivity contribution in [3.8, 4) is 11.1 Å². The van der Waals surface area contributed by atoms with Crippen LogP contribution >= 0.6 is 15.9 Å². The van der Waals surface area contributed by atoms with Crippen LogP contribution in [0.4, 0.5) is 13.2 Å². The van der Waals surface area contributed by atoms with Gasteiger partial charge in [-0.05, 0) is 33.6 Å². The first kappa shape index (κ1) is 11.1. The van der Waals surface area contributed by atoms with Gasteiger partial charge in [0.25, 0.3) is 0 Å². The Balaban J connectivity index is 2.62. The number of nitrogens with zero attached hydrogens (tertiary/aromatic N) is 2. The largest absolute Gasteiger partial charge is 0.244 e. The third kappa shape index (κ3) is 1.92. The maximum atomic E-state index is 13.0. The van der Waals surface area contributed by atoms with Crippen LogP contribution in [0.3, 0.4) is 0 Å². The monoisotopic (exact) mass is 288 g/mol. The molecular formula is C10H4BrF3N2. The van der Waals surface area contributed by atoms with E-state index in [0.717, 1.165) is 12.1 Å². The maximum Gasteiger partial charge on any atom is 0.194 e. The molecule has 1 aromatic carbocycles. The molecule has 0 aliphatic rings. The maximum absolute atomic E-state index is 13.0. The van der Waals surface area contributed by atoms with Gasteiger partial charge in [-0.25, -0.2) is 23.1 Å². The molecule has 6 heteroatoms. The van der Waals surface area contributed by atoms with Crippen LogP contribution in [0.15, 0.2) is 29.3 Å². The van der Waals surface area contributed by atoms with E-state index in [1.165, 1.54) is 12.5 Å². The van der Waals surface area contributed by atoms with E-state index >= 15 is 0 Å². The molecule has 0 atom stereocenters. The fourth-order valence-electron chi connectivity index (χ4n) is 1.22. The van der Waals surface area contributed by atoms with Crippen molar-refractivity contribution in [1.29, 1.82) is 0 Å². The number of halogens is 4. The lowest BCUT2D eigenvalue weighted by Gasteiger charge is -2.04. The van der Waals surface area contributed by atoms with Crippen molar-refractivity contribution in [2.45, 2.75) is 0 Å². The first-order chi connectivity index (χ1) is 7.59. The molecule has 82 valence electrons. The van der Waals surface area contributed by atoms with Crippen LogP contribution in [0.5, 0.6) is 0 Å². The molecule has 0 aliphatic carbocycles. The van der Waals surface area contributed by atoms with Crippen LogP contribution < -0.4 is 0 Å². The van der Waals surface area contributed by atoms with Gasteiger partial charge in [0, 0.05) is 11.8 Å². The predicted molar refractivity (Wildman–Crippen MR) is 55.0 cm³/mol. The average Bonchev–Trinajstić information content (AvgIpc) is 2.26. The van der Waals surface area contributed by atoms with E-state index in [-0.39, 0.29) is 5.56 Å². The minimum atomic E-state index is -1.49. The third-order valence-electron chi connectivity index (χ3n) is 1.96. The van der Waals surface area contributed by atoms with Gasteiger partial charge in [-0.2, -0.15) is 0 Å². The lowest BCUT2D eigenvalue weighted by atomic mass is 10.1. The van der Waals surface area contributed by atoms with Crippen molar-refractivity contribution in [3.63, 3.8) is 0 Å².